The molecule has 0 saturated heterocycles. The first kappa shape index (κ1) is 9.97. The molecule has 0 radical (unpaired) electrons. The molecule has 1 unspecified atom stereocenters. The quantitative estimate of drug-likeness (QED) is 0.559. The molecule has 2 aliphatic rings. The monoisotopic (exact) mass is 198 g/mol. The molecule has 0 aromatic heterocycles. The van der Waals surface area contributed by atoms with E-state index in [2.05, 4.69) is 9.24 Å². The summed E-state index contributed by atoms with van der Waals surface area (Å²) in [7, 11) is 3.01. The molecule has 2 fully saturated rings. The zero-order valence-corrected chi connectivity index (χ0v) is 9.83. The topological polar surface area (TPSA) is 0 Å². The second kappa shape index (κ2) is 4.78. The van der Waals surface area contributed by atoms with Crippen LogP contribution in [0.3, 0.4) is 0 Å². The van der Waals surface area contributed by atoms with Crippen molar-refractivity contribution in [2.24, 2.45) is 11.8 Å². The average Bonchev–Trinajstić information content (AvgIpc) is 2.20. The van der Waals surface area contributed by atoms with Crippen molar-refractivity contribution < 1.29 is 0 Å². The zero-order chi connectivity index (χ0) is 9.10. The van der Waals surface area contributed by atoms with Crippen LogP contribution in [0.25, 0.3) is 0 Å². The molecule has 0 bridgehead atoms. The van der Waals surface area contributed by atoms with E-state index >= 15 is 0 Å². The smallest absolute Gasteiger partial charge is 0.0264 e. The van der Waals surface area contributed by atoms with Crippen molar-refractivity contribution in [3.05, 3.63) is 0 Å². The lowest BCUT2D eigenvalue weighted by Crippen LogP contribution is -2.23. The molecule has 0 nitrogen and oxygen atoms in total. The van der Waals surface area contributed by atoms with Crippen molar-refractivity contribution >= 4 is 9.24 Å². The van der Waals surface area contributed by atoms with Gasteiger partial charge in [0.2, 0.25) is 0 Å². The third-order valence-corrected chi connectivity index (χ3v) is 4.80. The van der Waals surface area contributed by atoms with E-state index in [4.69, 9.17) is 0 Å². The van der Waals surface area contributed by atoms with Gasteiger partial charge < -0.3 is 0 Å². The summed E-state index contributed by atoms with van der Waals surface area (Å²) < 4.78 is 0. The van der Waals surface area contributed by atoms with Crippen LogP contribution in [0.1, 0.15) is 57.8 Å². The molecule has 1 heteroatoms. The minimum Gasteiger partial charge on any atom is -0.134 e. The van der Waals surface area contributed by atoms with Gasteiger partial charge in [-0.15, -0.1) is 9.24 Å². The summed E-state index contributed by atoms with van der Waals surface area (Å²) in [6.07, 6.45) is 13.7. The molecule has 76 valence electrons. The fourth-order valence-corrected chi connectivity index (χ4v) is 3.61. The fourth-order valence-electron chi connectivity index (χ4n) is 3.22. The molecule has 0 N–H and O–H groups in total. The standard InChI is InChI=1S/C12H23P/c13-12-8-6-11(7-9-12)10-4-2-1-3-5-10/h10-12H,1-9,13H2. The molecule has 0 heterocycles. The van der Waals surface area contributed by atoms with Crippen molar-refractivity contribution in [1.82, 2.24) is 0 Å². The number of hydrogen-bond donors (Lipinski definition) is 0. The molecule has 2 aliphatic carbocycles. The minimum atomic E-state index is 0.944. The highest BCUT2D eigenvalue weighted by Gasteiger charge is 2.26. The Morgan fingerprint density at radius 2 is 1.15 bits per heavy atom. The van der Waals surface area contributed by atoms with Gasteiger partial charge in [-0.1, -0.05) is 32.1 Å². The lowest BCUT2D eigenvalue weighted by molar-refractivity contribution is 0.198. The second-order valence-electron chi connectivity index (χ2n) is 5.07. The van der Waals surface area contributed by atoms with E-state index in [1.165, 1.54) is 44.9 Å². The largest absolute Gasteiger partial charge is 0.134 e. The van der Waals surface area contributed by atoms with Crippen molar-refractivity contribution in [2.75, 3.05) is 0 Å². The Hall–Kier alpha value is 0.430. The molecule has 2 saturated carbocycles. The van der Waals surface area contributed by atoms with Crippen LogP contribution in [0.2, 0.25) is 0 Å². The van der Waals surface area contributed by atoms with Crippen molar-refractivity contribution in [3.63, 3.8) is 0 Å². The minimum absolute atomic E-state index is 0.944. The molecular formula is C12H23P. The molecule has 2 rings (SSSR count). The van der Waals surface area contributed by atoms with Crippen LogP contribution in [0, 0.1) is 11.8 Å². The van der Waals surface area contributed by atoms with Crippen LogP contribution < -0.4 is 0 Å². The van der Waals surface area contributed by atoms with Gasteiger partial charge in [0.05, 0.1) is 0 Å². The maximum Gasteiger partial charge on any atom is -0.0264 e. The van der Waals surface area contributed by atoms with Gasteiger partial charge in [0.15, 0.2) is 0 Å². The van der Waals surface area contributed by atoms with Gasteiger partial charge in [-0.3, -0.25) is 0 Å². The fraction of sp³-hybridized carbons (Fsp3) is 1.00. The predicted molar refractivity (Wildman–Crippen MR) is 62.0 cm³/mol. The maximum atomic E-state index is 3.01. The Morgan fingerprint density at radius 1 is 0.615 bits per heavy atom. The SMILES string of the molecule is PC1CCC(C2CCCCC2)CC1. The van der Waals surface area contributed by atoms with Gasteiger partial charge in [0.25, 0.3) is 0 Å². The van der Waals surface area contributed by atoms with Crippen LogP contribution in [-0.2, 0) is 0 Å². The van der Waals surface area contributed by atoms with Crippen LogP contribution in [0.5, 0.6) is 0 Å². The van der Waals surface area contributed by atoms with Gasteiger partial charge in [-0.2, -0.15) is 0 Å². The van der Waals surface area contributed by atoms with Gasteiger partial charge >= 0.3 is 0 Å². The third kappa shape index (κ3) is 2.69. The van der Waals surface area contributed by atoms with E-state index in [1.807, 2.05) is 0 Å². The highest BCUT2D eigenvalue weighted by atomic mass is 31.0. The first-order valence-corrected chi connectivity index (χ1v) is 6.78. The van der Waals surface area contributed by atoms with Gasteiger partial charge in [-0.05, 0) is 43.2 Å². The predicted octanol–water partition coefficient (Wildman–Crippen LogP) is 4.00. The number of rotatable bonds is 1. The average molecular weight is 198 g/mol. The summed E-state index contributed by atoms with van der Waals surface area (Å²) in [6, 6.07) is 0. The van der Waals surface area contributed by atoms with Crippen molar-refractivity contribution in [3.8, 4) is 0 Å². The molecule has 1 atom stereocenters. The molecule has 0 aliphatic heterocycles. The summed E-state index contributed by atoms with van der Waals surface area (Å²) in [6.45, 7) is 0. The van der Waals surface area contributed by atoms with Crippen LogP contribution in [0.15, 0.2) is 0 Å². The highest BCUT2D eigenvalue weighted by molar-refractivity contribution is 7.17. The van der Waals surface area contributed by atoms with Crippen LogP contribution >= 0.6 is 9.24 Å². The first-order valence-electron chi connectivity index (χ1n) is 6.12. The van der Waals surface area contributed by atoms with E-state index in [-0.39, 0.29) is 0 Å². The van der Waals surface area contributed by atoms with E-state index in [0.717, 1.165) is 17.5 Å². The number of hydrogen-bond acceptors (Lipinski definition) is 0. The summed E-state index contributed by atoms with van der Waals surface area (Å²) in [5.74, 6) is 2.23. The summed E-state index contributed by atoms with van der Waals surface area (Å²) >= 11 is 0. The summed E-state index contributed by atoms with van der Waals surface area (Å²) in [5.41, 5.74) is 0.944. The lowest BCUT2D eigenvalue weighted by atomic mass is 9.73. The summed E-state index contributed by atoms with van der Waals surface area (Å²) in [5, 5.41) is 0. The van der Waals surface area contributed by atoms with Crippen molar-refractivity contribution in [1.29, 1.82) is 0 Å². The molecule has 13 heavy (non-hydrogen) atoms. The highest BCUT2D eigenvalue weighted by Crippen LogP contribution is 2.39. The van der Waals surface area contributed by atoms with Crippen LogP contribution in [0.4, 0.5) is 0 Å². The van der Waals surface area contributed by atoms with E-state index in [0.29, 0.717) is 0 Å². The normalized spacial score (nSPS) is 37.6. The second-order valence-corrected chi connectivity index (χ2v) is 6.02. The van der Waals surface area contributed by atoms with E-state index < -0.39 is 0 Å². The Balaban J connectivity index is 1.79. The van der Waals surface area contributed by atoms with Gasteiger partial charge in [0, 0.05) is 0 Å². The summed E-state index contributed by atoms with van der Waals surface area (Å²) in [4.78, 5) is 0. The van der Waals surface area contributed by atoms with E-state index in [9.17, 15) is 0 Å². The Morgan fingerprint density at radius 3 is 1.77 bits per heavy atom. The van der Waals surface area contributed by atoms with Gasteiger partial charge in [-0.25, -0.2) is 0 Å². The Labute approximate surface area is 85.1 Å². The molecule has 0 aromatic rings. The zero-order valence-electron chi connectivity index (χ0n) is 8.67. The van der Waals surface area contributed by atoms with Crippen LogP contribution in [-0.4, -0.2) is 5.66 Å². The molecule has 0 amide bonds. The van der Waals surface area contributed by atoms with E-state index in [1.54, 1.807) is 12.8 Å². The van der Waals surface area contributed by atoms with Crippen molar-refractivity contribution in [2.45, 2.75) is 63.4 Å². The molecule has 0 spiro atoms. The third-order valence-electron chi connectivity index (χ3n) is 4.13. The first-order chi connectivity index (χ1) is 6.36. The van der Waals surface area contributed by atoms with Gasteiger partial charge in [0.1, 0.15) is 0 Å². The maximum absolute atomic E-state index is 3.01. The Bertz CT molecular complexity index is 141. The molecular weight excluding hydrogens is 175 g/mol. The Kier molecular flexibility index (Phi) is 3.66. The molecule has 0 aromatic carbocycles. The lowest BCUT2D eigenvalue weighted by Gasteiger charge is -2.34.